The fraction of sp³-hybridized carbons (Fsp3) is 0.533. The molecule has 8 heteroatoms. The van der Waals surface area contributed by atoms with Gasteiger partial charge in [-0.2, -0.15) is 13.2 Å². The van der Waals surface area contributed by atoms with Crippen molar-refractivity contribution in [2.45, 2.75) is 25.6 Å². The van der Waals surface area contributed by atoms with Gasteiger partial charge in [-0.1, -0.05) is 12.1 Å². The molecule has 0 aliphatic carbocycles. The summed E-state index contributed by atoms with van der Waals surface area (Å²) in [5, 5.41) is 3.25. The Morgan fingerprint density at radius 2 is 2.17 bits per heavy atom. The molecule has 0 spiro atoms. The molecule has 0 saturated carbocycles. The SMILES string of the molecule is C[C@@H]1CN(C(=O)Cc2cccc(OCC(F)(F)F)c2)CCN1.Cl. The topological polar surface area (TPSA) is 41.6 Å². The van der Waals surface area contributed by atoms with Crippen molar-refractivity contribution in [2.24, 2.45) is 0 Å². The third-order valence-corrected chi connectivity index (χ3v) is 3.38. The van der Waals surface area contributed by atoms with Crippen molar-refractivity contribution in [2.75, 3.05) is 26.2 Å². The van der Waals surface area contributed by atoms with Crippen LogP contribution in [0, 0.1) is 0 Å². The fourth-order valence-corrected chi connectivity index (χ4v) is 2.36. The zero-order chi connectivity index (χ0) is 16.2. The second-order valence-electron chi connectivity index (χ2n) is 5.42. The zero-order valence-electron chi connectivity index (χ0n) is 12.7. The Kier molecular flexibility index (Phi) is 7.15. The van der Waals surface area contributed by atoms with Crippen LogP contribution < -0.4 is 10.1 Å². The Labute approximate surface area is 139 Å². The second-order valence-corrected chi connectivity index (χ2v) is 5.42. The van der Waals surface area contributed by atoms with E-state index in [1.807, 2.05) is 6.92 Å². The average Bonchev–Trinajstić information content (AvgIpc) is 2.45. The number of nitrogens with one attached hydrogen (secondary N) is 1. The lowest BCUT2D eigenvalue weighted by Gasteiger charge is -2.32. The smallest absolute Gasteiger partial charge is 0.422 e. The van der Waals surface area contributed by atoms with Crippen molar-refractivity contribution in [1.82, 2.24) is 10.2 Å². The number of carbonyl (C=O) groups excluding carboxylic acids is 1. The van der Waals surface area contributed by atoms with Gasteiger partial charge in [0.05, 0.1) is 6.42 Å². The van der Waals surface area contributed by atoms with Gasteiger partial charge in [0.1, 0.15) is 5.75 Å². The Balaban J connectivity index is 0.00000264. The number of benzene rings is 1. The van der Waals surface area contributed by atoms with Gasteiger partial charge < -0.3 is 15.0 Å². The fourth-order valence-electron chi connectivity index (χ4n) is 2.36. The third-order valence-electron chi connectivity index (χ3n) is 3.38. The van der Waals surface area contributed by atoms with Crippen molar-refractivity contribution in [3.05, 3.63) is 29.8 Å². The summed E-state index contributed by atoms with van der Waals surface area (Å²) in [7, 11) is 0. The Bertz CT molecular complexity index is 526. The number of ether oxygens (including phenoxy) is 1. The highest BCUT2D eigenvalue weighted by Gasteiger charge is 2.28. The van der Waals surface area contributed by atoms with Crippen LogP contribution in [0.15, 0.2) is 24.3 Å². The maximum absolute atomic E-state index is 12.2. The molecule has 1 heterocycles. The van der Waals surface area contributed by atoms with Gasteiger partial charge >= 0.3 is 6.18 Å². The van der Waals surface area contributed by atoms with E-state index >= 15 is 0 Å². The molecule has 2 rings (SSSR count). The summed E-state index contributed by atoms with van der Waals surface area (Å²) in [6.45, 7) is 2.71. The highest BCUT2D eigenvalue weighted by atomic mass is 35.5. The molecule has 1 atom stereocenters. The van der Waals surface area contributed by atoms with Crippen LogP contribution in [-0.2, 0) is 11.2 Å². The molecule has 23 heavy (non-hydrogen) atoms. The van der Waals surface area contributed by atoms with Crippen molar-refractivity contribution in [3.8, 4) is 5.75 Å². The number of rotatable bonds is 4. The van der Waals surface area contributed by atoms with Gasteiger partial charge in [-0.3, -0.25) is 4.79 Å². The van der Waals surface area contributed by atoms with Gasteiger partial charge in [-0.05, 0) is 24.6 Å². The van der Waals surface area contributed by atoms with Crippen LogP contribution in [0.2, 0.25) is 0 Å². The summed E-state index contributed by atoms with van der Waals surface area (Å²) in [6, 6.07) is 6.49. The molecule has 1 saturated heterocycles. The zero-order valence-corrected chi connectivity index (χ0v) is 13.5. The van der Waals surface area contributed by atoms with Crippen LogP contribution in [0.4, 0.5) is 13.2 Å². The molecule has 1 amide bonds. The average molecular weight is 353 g/mol. The molecule has 0 radical (unpaired) electrons. The lowest BCUT2D eigenvalue weighted by molar-refractivity contribution is -0.153. The van der Waals surface area contributed by atoms with E-state index in [1.165, 1.54) is 12.1 Å². The molecule has 1 aliphatic rings. The lowest BCUT2D eigenvalue weighted by Crippen LogP contribution is -2.51. The molecular weight excluding hydrogens is 333 g/mol. The Hall–Kier alpha value is -1.47. The summed E-state index contributed by atoms with van der Waals surface area (Å²) >= 11 is 0. The van der Waals surface area contributed by atoms with Gasteiger partial charge in [-0.25, -0.2) is 0 Å². The minimum atomic E-state index is -4.37. The van der Waals surface area contributed by atoms with E-state index in [-0.39, 0.29) is 36.5 Å². The van der Waals surface area contributed by atoms with E-state index in [0.29, 0.717) is 18.7 Å². The maximum atomic E-state index is 12.2. The van der Waals surface area contributed by atoms with Crippen LogP contribution in [0.5, 0.6) is 5.75 Å². The molecule has 0 unspecified atom stereocenters. The minimum Gasteiger partial charge on any atom is -0.484 e. The van der Waals surface area contributed by atoms with Gasteiger partial charge in [0.15, 0.2) is 6.61 Å². The Morgan fingerprint density at radius 3 is 2.83 bits per heavy atom. The molecule has 1 aromatic carbocycles. The molecule has 1 aromatic rings. The molecule has 0 bridgehead atoms. The first-order chi connectivity index (χ1) is 10.3. The highest BCUT2D eigenvalue weighted by molar-refractivity contribution is 5.85. The highest BCUT2D eigenvalue weighted by Crippen LogP contribution is 2.20. The second kappa shape index (κ2) is 8.40. The predicted molar refractivity (Wildman–Crippen MR) is 83.0 cm³/mol. The van der Waals surface area contributed by atoms with Gasteiger partial charge in [0, 0.05) is 25.7 Å². The third kappa shape index (κ3) is 6.66. The molecule has 1 aliphatic heterocycles. The standard InChI is InChI=1S/C15H19F3N2O2.ClH/c1-11-9-20(6-5-19-11)14(21)8-12-3-2-4-13(7-12)22-10-15(16,17)18;/h2-4,7,11,19H,5-6,8-10H2,1H3;1H/t11-;/m1./s1. The summed E-state index contributed by atoms with van der Waals surface area (Å²) in [5.41, 5.74) is 0.649. The Morgan fingerprint density at radius 1 is 1.43 bits per heavy atom. The first kappa shape index (κ1) is 19.6. The van der Waals surface area contributed by atoms with E-state index in [2.05, 4.69) is 5.32 Å². The number of hydrogen-bond donors (Lipinski definition) is 1. The van der Waals surface area contributed by atoms with Crippen LogP contribution in [0.3, 0.4) is 0 Å². The van der Waals surface area contributed by atoms with Crippen LogP contribution in [-0.4, -0.2) is 49.3 Å². The summed E-state index contributed by atoms with van der Waals surface area (Å²) in [6.07, 6.45) is -4.21. The van der Waals surface area contributed by atoms with Crippen LogP contribution in [0.1, 0.15) is 12.5 Å². The normalized spacial score (nSPS) is 18.3. The summed E-state index contributed by atoms with van der Waals surface area (Å²) in [4.78, 5) is 14.0. The molecule has 4 nitrogen and oxygen atoms in total. The minimum absolute atomic E-state index is 0. The molecule has 1 fully saturated rings. The number of carbonyl (C=O) groups is 1. The summed E-state index contributed by atoms with van der Waals surface area (Å²) < 4.78 is 41.1. The number of amides is 1. The first-order valence-electron chi connectivity index (χ1n) is 7.13. The number of alkyl halides is 3. The van der Waals surface area contributed by atoms with E-state index in [4.69, 9.17) is 4.74 Å². The van der Waals surface area contributed by atoms with Gasteiger partial charge in [0.2, 0.25) is 5.91 Å². The number of hydrogen-bond acceptors (Lipinski definition) is 3. The molecule has 1 N–H and O–H groups in total. The predicted octanol–water partition coefficient (Wildman–Crippen LogP) is 2.41. The monoisotopic (exact) mass is 352 g/mol. The van der Waals surface area contributed by atoms with Gasteiger partial charge in [0.25, 0.3) is 0 Å². The molecular formula is C15H20ClF3N2O2. The van der Waals surface area contributed by atoms with Gasteiger partial charge in [-0.15, -0.1) is 12.4 Å². The van der Waals surface area contributed by atoms with Crippen LogP contribution in [0.25, 0.3) is 0 Å². The number of piperazine rings is 1. The van der Waals surface area contributed by atoms with Crippen LogP contribution >= 0.6 is 12.4 Å². The van der Waals surface area contributed by atoms with E-state index < -0.39 is 12.8 Å². The molecule has 0 aromatic heterocycles. The van der Waals surface area contributed by atoms with Crippen molar-refractivity contribution >= 4 is 18.3 Å². The quantitative estimate of drug-likeness (QED) is 0.905. The van der Waals surface area contributed by atoms with E-state index in [9.17, 15) is 18.0 Å². The first-order valence-corrected chi connectivity index (χ1v) is 7.13. The van der Waals surface area contributed by atoms with Crippen molar-refractivity contribution < 1.29 is 22.7 Å². The number of halogens is 4. The summed E-state index contributed by atoms with van der Waals surface area (Å²) in [5.74, 6) is 0.0950. The number of nitrogens with zero attached hydrogens (tertiary/aromatic N) is 1. The van der Waals surface area contributed by atoms with E-state index in [0.717, 1.165) is 6.54 Å². The largest absolute Gasteiger partial charge is 0.484 e. The van der Waals surface area contributed by atoms with Crippen molar-refractivity contribution in [1.29, 1.82) is 0 Å². The van der Waals surface area contributed by atoms with Crippen molar-refractivity contribution in [3.63, 3.8) is 0 Å². The van der Waals surface area contributed by atoms with E-state index in [1.54, 1.807) is 17.0 Å². The maximum Gasteiger partial charge on any atom is 0.422 e. The lowest BCUT2D eigenvalue weighted by atomic mass is 10.1. The molecule has 130 valence electrons.